The summed E-state index contributed by atoms with van der Waals surface area (Å²) in [5, 5.41) is 6.86. The minimum absolute atomic E-state index is 0.292. The van der Waals surface area contributed by atoms with E-state index >= 15 is 0 Å². The van der Waals surface area contributed by atoms with Gasteiger partial charge in [0.15, 0.2) is 0 Å². The lowest BCUT2D eigenvalue weighted by atomic mass is 10.3. The molecule has 0 aromatic carbocycles. The van der Waals surface area contributed by atoms with E-state index in [2.05, 4.69) is 22.1 Å². The molecule has 0 radical (unpaired) electrons. The molecule has 110 valence electrons. The summed E-state index contributed by atoms with van der Waals surface area (Å²) in [7, 11) is -1.47. The summed E-state index contributed by atoms with van der Waals surface area (Å²) < 4.78 is 28.4. The Bertz CT molecular complexity index is 496. The fourth-order valence-electron chi connectivity index (χ4n) is 1.73. The quantitative estimate of drug-likeness (QED) is 0.684. The van der Waals surface area contributed by atoms with E-state index in [0.717, 1.165) is 24.2 Å². The van der Waals surface area contributed by atoms with Gasteiger partial charge in [-0.2, -0.15) is 5.10 Å². The Labute approximate surface area is 115 Å². The highest BCUT2D eigenvalue weighted by Crippen LogP contribution is 2.06. The van der Waals surface area contributed by atoms with E-state index in [-0.39, 0.29) is 0 Å². The van der Waals surface area contributed by atoms with Crippen LogP contribution in [0.1, 0.15) is 31.5 Å². The molecule has 1 atom stereocenters. The second-order valence-corrected chi connectivity index (χ2v) is 6.98. The molecule has 1 unspecified atom stereocenters. The van der Waals surface area contributed by atoms with Crippen LogP contribution in [0.3, 0.4) is 0 Å². The van der Waals surface area contributed by atoms with Gasteiger partial charge in [-0.05, 0) is 26.8 Å². The zero-order valence-corrected chi connectivity index (χ0v) is 12.9. The van der Waals surface area contributed by atoms with Crippen molar-refractivity contribution < 1.29 is 8.42 Å². The minimum Gasteiger partial charge on any atom is -0.315 e. The predicted molar refractivity (Wildman–Crippen MR) is 76.3 cm³/mol. The highest BCUT2D eigenvalue weighted by molar-refractivity contribution is 7.90. The highest BCUT2D eigenvalue weighted by Gasteiger charge is 2.20. The Morgan fingerprint density at radius 3 is 2.68 bits per heavy atom. The average Bonchev–Trinajstić information content (AvgIpc) is 2.65. The normalized spacial score (nSPS) is 13.7. The summed E-state index contributed by atoms with van der Waals surface area (Å²) in [6, 6.07) is 0. The molecule has 1 aromatic heterocycles. The van der Waals surface area contributed by atoms with Gasteiger partial charge in [-0.25, -0.2) is 13.1 Å². The SMILES string of the molecule is CCCNCC(C)S(=O)(=O)NCc1cn(C)nc1C. The van der Waals surface area contributed by atoms with Crippen LogP contribution >= 0.6 is 0 Å². The average molecular weight is 288 g/mol. The van der Waals surface area contributed by atoms with Crippen LogP contribution in [0.2, 0.25) is 0 Å². The first-order chi connectivity index (χ1) is 8.86. The monoisotopic (exact) mass is 288 g/mol. The molecule has 0 saturated heterocycles. The second-order valence-electron chi connectivity index (χ2n) is 4.79. The van der Waals surface area contributed by atoms with E-state index in [9.17, 15) is 8.42 Å². The van der Waals surface area contributed by atoms with Crippen molar-refractivity contribution in [1.29, 1.82) is 0 Å². The van der Waals surface area contributed by atoms with Gasteiger partial charge in [-0.15, -0.1) is 0 Å². The van der Waals surface area contributed by atoms with Gasteiger partial charge in [0, 0.05) is 31.9 Å². The number of aryl methyl sites for hydroxylation is 2. The van der Waals surface area contributed by atoms with Gasteiger partial charge in [-0.3, -0.25) is 4.68 Å². The molecule has 2 N–H and O–H groups in total. The number of nitrogens with one attached hydrogen (secondary N) is 2. The first kappa shape index (κ1) is 16.1. The van der Waals surface area contributed by atoms with Crippen molar-refractivity contribution in [1.82, 2.24) is 19.8 Å². The minimum atomic E-state index is -3.30. The Balaban J connectivity index is 2.52. The standard InChI is InChI=1S/C12H24N4O2S/c1-5-6-13-7-10(2)19(17,18)14-8-12-9-16(4)15-11(12)3/h9-10,13-14H,5-8H2,1-4H3. The van der Waals surface area contributed by atoms with E-state index in [1.54, 1.807) is 11.6 Å². The number of sulfonamides is 1. The number of rotatable bonds is 8. The second kappa shape index (κ2) is 7.02. The third-order valence-electron chi connectivity index (χ3n) is 2.97. The predicted octanol–water partition coefficient (Wildman–Crippen LogP) is 0.536. The van der Waals surface area contributed by atoms with Crippen molar-refractivity contribution in [2.75, 3.05) is 13.1 Å². The van der Waals surface area contributed by atoms with Crippen molar-refractivity contribution in [3.05, 3.63) is 17.5 Å². The molecule has 0 fully saturated rings. The first-order valence-electron chi connectivity index (χ1n) is 6.55. The topological polar surface area (TPSA) is 76.0 Å². The van der Waals surface area contributed by atoms with Gasteiger partial charge < -0.3 is 5.32 Å². The Kier molecular flexibility index (Phi) is 5.96. The van der Waals surface area contributed by atoms with Gasteiger partial charge in [0.2, 0.25) is 10.0 Å². The number of hydrogen-bond acceptors (Lipinski definition) is 4. The molecule has 1 rings (SSSR count). The third kappa shape index (κ3) is 4.93. The van der Waals surface area contributed by atoms with Gasteiger partial charge >= 0.3 is 0 Å². The molecular formula is C12H24N4O2S. The fraction of sp³-hybridized carbons (Fsp3) is 0.750. The van der Waals surface area contributed by atoms with Crippen molar-refractivity contribution in [3.63, 3.8) is 0 Å². The molecule has 6 nitrogen and oxygen atoms in total. The molecular weight excluding hydrogens is 264 g/mol. The summed E-state index contributed by atoms with van der Waals surface area (Å²) >= 11 is 0. The lowest BCUT2D eigenvalue weighted by molar-refractivity contribution is 0.556. The van der Waals surface area contributed by atoms with Gasteiger partial charge in [0.05, 0.1) is 10.9 Å². The number of aromatic nitrogens is 2. The smallest absolute Gasteiger partial charge is 0.215 e. The van der Waals surface area contributed by atoms with Crippen LogP contribution in [0.5, 0.6) is 0 Å². The van der Waals surface area contributed by atoms with Crippen LogP contribution in [0.25, 0.3) is 0 Å². The molecule has 0 aliphatic carbocycles. The van der Waals surface area contributed by atoms with Gasteiger partial charge in [-0.1, -0.05) is 6.92 Å². The number of hydrogen-bond donors (Lipinski definition) is 2. The fourth-order valence-corrected chi connectivity index (χ4v) is 2.71. The number of nitrogens with zero attached hydrogens (tertiary/aromatic N) is 2. The van der Waals surface area contributed by atoms with E-state index < -0.39 is 15.3 Å². The van der Waals surface area contributed by atoms with E-state index in [1.165, 1.54) is 0 Å². The van der Waals surface area contributed by atoms with E-state index in [4.69, 9.17) is 0 Å². The van der Waals surface area contributed by atoms with E-state index in [0.29, 0.717) is 13.1 Å². The molecule has 0 bridgehead atoms. The molecule has 19 heavy (non-hydrogen) atoms. The highest BCUT2D eigenvalue weighted by atomic mass is 32.2. The molecule has 1 aromatic rings. The van der Waals surface area contributed by atoms with Crippen LogP contribution in [-0.4, -0.2) is 36.5 Å². The summed E-state index contributed by atoms with van der Waals surface area (Å²) in [6.45, 7) is 7.23. The Morgan fingerprint density at radius 2 is 2.16 bits per heavy atom. The molecule has 0 amide bonds. The molecule has 0 aliphatic heterocycles. The summed E-state index contributed by atoms with van der Waals surface area (Å²) in [5.41, 5.74) is 1.75. The van der Waals surface area contributed by atoms with Crippen molar-refractivity contribution in [2.24, 2.45) is 7.05 Å². The third-order valence-corrected chi connectivity index (χ3v) is 4.74. The summed E-state index contributed by atoms with van der Waals surface area (Å²) in [5.74, 6) is 0. The van der Waals surface area contributed by atoms with Crippen LogP contribution in [0, 0.1) is 6.92 Å². The van der Waals surface area contributed by atoms with Crippen LogP contribution in [-0.2, 0) is 23.6 Å². The Hall–Kier alpha value is -0.920. The lowest BCUT2D eigenvalue weighted by Gasteiger charge is -2.14. The maximum Gasteiger partial charge on any atom is 0.215 e. The van der Waals surface area contributed by atoms with Crippen molar-refractivity contribution in [3.8, 4) is 0 Å². The molecule has 7 heteroatoms. The first-order valence-corrected chi connectivity index (χ1v) is 8.09. The maximum absolute atomic E-state index is 12.0. The summed E-state index contributed by atoms with van der Waals surface area (Å²) in [6.07, 6.45) is 2.83. The molecule has 1 heterocycles. The Morgan fingerprint density at radius 1 is 1.47 bits per heavy atom. The zero-order chi connectivity index (χ0) is 14.5. The molecule has 0 saturated carbocycles. The van der Waals surface area contributed by atoms with Crippen LogP contribution < -0.4 is 10.0 Å². The maximum atomic E-state index is 12.0. The van der Waals surface area contributed by atoms with Crippen molar-refractivity contribution >= 4 is 10.0 Å². The molecule has 0 spiro atoms. The van der Waals surface area contributed by atoms with Crippen LogP contribution in [0.4, 0.5) is 0 Å². The van der Waals surface area contributed by atoms with Crippen LogP contribution in [0.15, 0.2) is 6.20 Å². The largest absolute Gasteiger partial charge is 0.315 e. The summed E-state index contributed by atoms with van der Waals surface area (Å²) in [4.78, 5) is 0. The zero-order valence-electron chi connectivity index (χ0n) is 12.1. The van der Waals surface area contributed by atoms with Gasteiger partial charge in [0.25, 0.3) is 0 Å². The lowest BCUT2D eigenvalue weighted by Crippen LogP contribution is -2.38. The van der Waals surface area contributed by atoms with E-state index in [1.807, 2.05) is 20.2 Å². The van der Waals surface area contributed by atoms with Gasteiger partial charge in [0.1, 0.15) is 0 Å². The van der Waals surface area contributed by atoms with Crippen molar-refractivity contribution in [2.45, 2.75) is 39.0 Å². The molecule has 0 aliphatic rings.